The first kappa shape index (κ1) is 12.6. The van der Waals surface area contributed by atoms with Crippen LogP contribution in [0.1, 0.15) is 5.89 Å². The number of hydrogen-bond acceptors (Lipinski definition) is 6. The Morgan fingerprint density at radius 3 is 3.12 bits per heavy atom. The zero-order chi connectivity index (χ0) is 11.6. The number of carbonyl (C=O) groups is 1. The molecular weight excluding hydrogens is 212 g/mol. The molecule has 1 aromatic rings. The van der Waals surface area contributed by atoms with Crippen molar-refractivity contribution in [3.8, 4) is 0 Å². The van der Waals surface area contributed by atoms with E-state index >= 15 is 0 Å². The Kier molecular flexibility index (Phi) is 6.12. The highest BCUT2D eigenvalue weighted by atomic mass is 16.5. The molecular formula is C9H16N4O3. The van der Waals surface area contributed by atoms with Gasteiger partial charge in [0.25, 0.3) is 0 Å². The Bertz CT molecular complexity index is 289. The van der Waals surface area contributed by atoms with Crippen molar-refractivity contribution in [2.45, 2.75) is 6.42 Å². The number of hydrogen-bond donors (Lipinski definition) is 2. The van der Waals surface area contributed by atoms with Gasteiger partial charge >= 0.3 is 0 Å². The van der Waals surface area contributed by atoms with Crippen LogP contribution in [0.4, 0.5) is 0 Å². The summed E-state index contributed by atoms with van der Waals surface area (Å²) in [4.78, 5) is 15.1. The Hall–Kier alpha value is -1.47. The topological polar surface area (TPSA) is 89.3 Å². The molecule has 7 nitrogen and oxygen atoms in total. The molecule has 0 saturated carbocycles. The number of nitrogens with one attached hydrogen (secondary N) is 2. The summed E-state index contributed by atoms with van der Waals surface area (Å²) in [5.74, 6) is 0.461. The second kappa shape index (κ2) is 7.77. The van der Waals surface area contributed by atoms with Gasteiger partial charge < -0.3 is 19.9 Å². The van der Waals surface area contributed by atoms with E-state index in [9.17, 15) is 4.79 Å². The molecule has 0 saturated heterocycles. The first-order chi connectivity index (χ1) is 7.83. The van der Waals surface area contributed by atoms with E-state index in [1.165, 1.54) is 6.33 Å². The van der Waals surface area contributed by atoms with Gasteiger partial charge in [0, 0.05) is 26.6 Å². The Balaban J connectivity index is 1.98. The molecule has 0 spiro atoms. The van der Waals surface area contributed by atoms with Crippen molar-refractivity contribution in [1.29, 1.82) is 0 Å². The predicted octanol–water partition coefficient (Wildman–Crippen LogP) is -1.04. The van der Waals surface area contributed by atoms with Crippen LogP contribution in [0.25, 0.3) is 0 Å². The molecule has 0 radical (unpaired) electrons. The summed E-state index contributed by atoms with van der Waals surface area (Å²) in [7, 11) is 1.62. The Morgan fingerprint density at radius 2 is 2.44 bits per heavy atom. The lowest BCUT2D eigenvalue weighted by molar-refractivity contribution is -0.120. The highest BCUT2D eigenvalue weighted by Crippen LogP contribution is 1.89. The highest BCUT2D eigenvalue weighted by molar-refractivity contribution is 5.77. The zero-order valence-electron chi connectivity index (χ0n) is 9.23. The van der Waals surface area contributed by atoms with Crippen LogP contribution in [-0.2, 0) is 16.0 Å². The van der Waals surface area contributed by atoms with Gasteiger partial charge in [0.05, 0.1) is 13.2 Å². The van der Waals surface area contributed by atoms with Gasteiger partial charge in [-0.1, -0.05) is 5.16 Å². The molecule has 16 heavy (non-hydrogen) atoms. The van der Waals surface area contributed by atoms with Crippen LogP contribution in [0.3, 0.4) is 0 Å². The number of aromatic nitrogens is 2. The van der Waals surface area contributed by atoms with E-state index in [0.717, 1.165) is 0 Å². The fraction of sp³-hybridized carbons (Fsp3) is 0.667. The van der Waals surface area contributed by atoms with E-state index in [-0.39, 0.29) is 12.5 Å². The van der Waals surface area contributed by atoms with E-state index in [1.54, 1.807) is 7.11 Å². The average molecular weight is 228 g/mol. The monoisotopic (exact) mass is 228 g/mol. The van der Waals surface area contributed by atoms with Gasteiger partial charge in [-0.3, -0.25) is 4.79 Å². The third-order valence-corrected chi connectivity index (χ3v) is 1.84. The number of ether oxygens (including phenoxy) is 1. The third-order valence-electron chi connectivity index (χ3n) is 1.84. The molecule has 0 aliphatic carbocycles. The second-order valence-corrected chi connectivity index (χ2v) is 3.10. The maximum absolute atomic E-state index is 11.3. The molecule has 1 rings (SSSR count). The lowest BCUT2D eigenvalue weighted by atomic mass is 10.4. The molecule has 0 fully saturated rings. The van der Waals surface area contributed by atoms with Crippen molar-refractivity contribution < 1.29 is 14.1 Å². The highest BCUT2D eigenvalue weighted by Gasteiger charge is 2.02. The molecule has 7 heteroatoms. The van der Waals surface area contributed by atoms with Crippen molar-refractivity contribution in [3.63, 3.8) is 0 Å². The summed E-state index contributed by atoms with van der Waals surface area (Å²) in [6.07, 6.45) is 1.88. The molecule has 1 aromatic heterocycles. The van der Waals surface area contributed by atoms with Gasteiger partial charge in [-0.15, -0.1) is 0 Å². The molecule has 0 bridgehead atoms. The van der Waals surface area contributed by atoms with Crippen molar-refractivity contribution in [2.24, 2.45) is 0 Å². The van der Waals surface area contributed by atoms with Gasteiger partial charge in [0.15, 0.2) is 6.33 Å². The van der Waals surface area contributed by atoms with E-state index in [2.05, 4.69) is 20.8 Å². The van der Waals surface area contributed by atoms with Crippen LogP contribution in [0.15, 0.2) is 10.9 Å². The number of methoxy groups -OCH3 is 1. The van der Waals surface area contributed by atoms with Crippen LogP contribution in [0, 0.1) is 0 Å². The average Bonchev–Trinajstić information content (AvgIpc) is 2.77. The predicted molar refractivity (Wildman–Crippen MR) is 55.8 cm³/mol. The number of amides is 1. The molecule has 0 aliphatic heterocycles. The minimum absolute atomic E-state index is 0.0596. The van der Waals surface area contributed by atoms with Crippen LogP contribution in [0.5, 0.6) is 0 Å². The van der Waals surface area contributed by atoms with Crippen LogP contribution in [-0.4, -0.2) is 49.4 Å². The Labute approximate surface area is 93.5 Å². The summed E-state index contributed by atoms with van der Waals surface area (Å²) >= 11 is 0. The zero-order valence-corrected chi connectivity index (χ0v) is 9.23. The van der Waals surface area contributed by atoms with E-state index in [4.69, 9.17) is 9.26 Å². The van der Waals surface area contributed by atoms with E-state index in [0.29, 0.717) is 32.0 Å². The molecule has 2 N–H and O–H groups in total. The third kappa shape index (κ3) is 5.42. The van der Waals surface area contributed by atoms with Crippen LogP contribution < -0.4 is 10.6 Å². The van der Waals surface area contributed by atoms with Crippen molar-refractivity contribution >= 4 is 5.91 Å². The van der Waals surface area contributed by atoms with Crippen LogP contribution >= 0.6 is 0 Å². The fourth-order valence-corrected chi connectivity index (χ4v) is 1.05. The van der Waals surface area contributed by atoms with Gasteiger partial charge in [0.1, 0.15) is 0 Å². The quantitative estimate of drug-likeness (QED) is 0.553. The molecule has 0 aliphatic rings. The lowest BCUT2D eigenvalue weighted by Crippen LogP contribution is -2.36. The smallest absolute Gasteiger partial charge is 0.233 e. The second-order valence-electron chi connectivity index (χ2n) is 3.10. The standard InChI is InChI=1S/C9H16N4O3/c1-15-5-4-10-6-8(14)11-3-2-9-12-7-13-16-9/h7,10H,2-6H2,1H3,(H,11,14). The van der Waals surface area contributed by atoms with Gasteiger partial charge in [0.2, 0.25) is 11.8 Å². The van der Waals surface area contributed by atoms with Crippen molar-refractivity contribution in [2.75, 3.05) is 33.4 Å². The molecule has 90 valence electrons. The normalized spacial score (nSPS) is 10.3. The lowest BCUT2D eigenvalue weighted by Gasteiger charge is -2.04. The van der Waals surface area contributed by atoms with Gasteiger partial charge in [-0.05, 0) is 0 Å². The first-order valence-corrected chi connectivity index (χ1v) is 5.05. The maximum Gasteiger partial charge on any atom is 0.233 e. The number of rotatable bonds is 8. The largest absolute Gasteiger partial charge is 0.383 e. The minimum atomic E-state index is -0.0596. The molecule has 0 atom stereocenters. The minimum Gasteiger partial charge on any atom is -0.383 e. The summed E-state index contributed by atoms with van der Waals surface area (Å²) in [6, 6.07) is 0. The molecule has 1 amide bonds. The van der Waals surface area contributed by atoms with Gasteiger partial charge in [-0.25, -0.2) is 0 Å². The van der Waals surface area contributed by atoms with E-state index in [1.807, 2.05) is 0 Å². The van der Waals surface area contributed by atoms with Crippen molar-refractivity contribution in [3.05, 3.63) is 12.2 Å². The van der Waals surface area contributed by atoms with E-state index < -0.39 is 0 Å². The van der Waals surface area contributed by atoms with Crippen LogP contribution in [0.2, 0.25) is 0 Å². The molecule has 0 unspecified atom stereocenters. The van der Waals surface area contributed by atoms with Gasteiger partial charge in [-0.2, -0.15) is 4.98 Å². The SMILES string of the molecule is COCCNCC(=O)NCCc1ncno1. The molecule has 1 heterocycles. The number of nitrogens with zero attached hydrogens (tertiary/aromatic N) is 2. The number of carbonyl (C=O) groups excluding carboxylic acids is 1. The summed E-state index contributed by atoms with van der Waals surface area (Å²) < 4.78 is 9.62. The summed E-state index contributed by atoms with van der Waals surface area (Å²) in [5.41, 5.74) is 0. The summed E-state index contributed by atoms with van der Waals surface area (Å²) in [6.45, 7) is 2.03. The fourth-order valence-electron chi connectivity index (χ4n) is 1.05. The Morgan fingerprint density at radius 1 is 1.56 bits per heavy atom. The summed E-state index contributed by atoms with van der Waals surface area (Å²) in [5, 5.41) is 9.13. The van der Waals surface area contributed by atoms with Crippen molar-refractivity contribution in [1.82, 2.24) is 20.8 Å². The maximum atomic E-state index is 11.3. The molecule has 0 aromatic carbocycles. The first-order valence-electron chi connectivity index (χ1n) is 5.05.